The van der Waals surface area contributed by atoms with Crippen LogP contribution in [0.1, 0.15) is 23.6 Å². The van der Waals surface area contributed by atoms with Crippen molar-refractivity contribution in [2.24, 2.45) is 0 Å². The molecule has 1 aliphatic heterocycles. The minimum absolute atomic E-state index is 0.0523. The fourth-order valence-electron chi connectivity index (χ4n) is 3.27. The largest absolute Gasteiger partial charge is 0.481 e. The molecule has 1 fully saturated rings. The SMILES string of the molecule is O=C(O)CCc1cccc(NC(=O)C(c2ccccc2)N2CCSCC2)c1. The van der Waals surface area contributed by atoms with Gasteiger partial charge < -0.3 is 10.4 Å². The van der Waals surface area contributed by atoms with Gasteiger partial charge in [0.1, 0.15) is 6.04 Å². The van der Waals surface area contributed by atoms with Gasteiger partial charge in [-0.05, 0) is 29.7 Å². The summed E-state index contributed by atoms with van der Waals surface area (Å²) in [7, 11) is 0. The molecule has 1 amide bonds. The number of carbonyl (C=O) groups is 2. The normalized spacial score (nSPS) is 15.9. The zero-order valence-electron chi connectivity index (χ0n) is 15.1. The molecule has 3 rings (SSSR count). The van der Waals surface area contributed by atoms with Crippen molar-refractivity contribution in [3.63, 3.8) is 0 Å². The van der Waals surface area contributed by atoms with E-state index in [1.807, 2.05) is 66.4 Å². The van der Waals surface area contributed by atoms with E-state index in [4.69, 9.17) is 5.11 Å². The number of anilines is 1. The number of hydrogen-bond donors (Lipinski definition) is 2. The van der Waals surface area contributed by atoms with Crippen molar-refractivity contribution in [1.29, 1.82) is 0 Å². The number of hydrogen-bond acceptors (Lipinski definition) is 4. The van der Waals surface area contributed by atoms with E-state index in [2.05, 4.69) is 10.2 Å². The Balaban J connectivity index is 1.76. The Morgan fingerprint density at radius 1 is 1.07 bits per heavy atom. The Hall–Kier alpha value is -2.31. The van der Waals surface area contributed by atoms with Crippen molar-refractivity contribution in [3.05, 3.63) is 65.7 Å². The fourth-order valence-corrected chi connectivity index (χ4v) is 4.20. The lowest BCUT2D eigenvalue weighted by molar-refractivity contribution is -0.137. The van der Waals surface area contributed by atoms with Crippen LogP contribution in [-0.4, -0.2) is 46.5 Å². The van der Waals surface area contributed by atoms with Crippen molar-refractivity contribution >= 4 is 29.3 Å². The van der Waals surface area contributed by atoms with E-state index >= 15 is 0 Å². The lowest BCUT2D eigenvalue weighted by Gasteiger charge is -2.33. The lowest BCUT2D eigenvalue weighted by Crippen LogP contribution is -2.41. The molecule has 0 aromatic heterocycles. The molecule has 2 aromatic rings. The van der Waals surface area contributed by atoms with E-state index in [1.165, 1.54) is 0 Å². The van der Waals surface area contributed by atoms with Crippen molar-refractivity contribution in [1.82, 2.24) is 4.90 Å². The van der Waals surface area contributed by atoms with Gasteiger partial charge in [-0.25, -0.2) is 0 Å². The smallest absolute Gasteiger partial charge is 0.303 e. The number of nitrogens with one attached hydrogen (secondary N) is 1. The molecule has 2 N–H and O–H groups in total. The topological polar surface area (TPSA) is 69.6 Å². The number of carbonyl (C=O) groups excluding carboxylic acids is 1. The molecule has 0 saturated carbocycles. The van der Waals surface area contributed by atoms with Gasteiger partial charge in [0.2, 0.25) is 5.91 Å². The zero-order chi connectivity index (χ0) is 19.1. The monoisotopic (exact) mass is 384 g/mol. The Morgan fingerprint density at radius 3 is 2.52 bits per heavy atom. The van der Waals surface area contributed by atoms with Gasteiger partial charge >= 0.3 is 5.97 Å². The molecule has 0 radical (unpaired) electrons. The van der Waals surface area contributed by atoms with Crippen LogP contribution in [0.2, 0.25) is 0 Å². The van der Waals surface area contributed by atoms with Crippen LogP contribution in [0.5, 0.6) is 0 Å². The van der Waals surface area contributed by atoms with E-state index in [0.29, 0.717) is 12.1 Å². The highest BCUT2D eigenvalue weighted by molar-refractivity contribution is 7.99. The van der Waals surface area contributed by atoms with Gasteiger partial charge in [0, 0.05) is 36.7 Å². The van der Waals surface area contributed by atoms with Crippen LogP contribution in [0, 0.1) is 0 Å². The van der Waals surface area contributed by atoms with Crippen molar-refractivity contribution in [3.8, 4) is 0 Å². The van der Waals surface area contributed by atoms with Gasteiger partial charge in [-0.3, -0.25) is 14.5 Å². The molecule has 0 aliphatic carbocycles. The van der Waals surface area contributed by atoms with E-state index in [-0.39, 0.29) is 18.4 Å². The van der Waals surface area contributed by atoms with Crippen molar-refractivity contribution in [2.75, 3.05) is 29.9 Å². The van der Waals surface area contributed by atoms with E-state index in [0.717, 1.165) is 35.7 Å². The van der Waals surface area contributed by atoms with Crippen LogP contribution in [0.25, 0.3) is 0 Å². The number of nitrogens with zero attached hydrogens (tertiary/aromatic N) is 1. The summed E-state index contributed by atoms with van der Waals surface area (Å²) in [4.78, 5) is 26.1. The molecule has 0 spiro atoms. The summed E-state index contributed by atoms with van der Waals surface area (Å²) < 4.78 is 0. The Bertz CT molecular complexity index is 776. The average molecular weight is 385 g/mol. The summed E-state index contributed by atoms with van der Waals surface area (Å²) >= 11 is 1.92. The maximum absolute atomic E-state index is 13.1. The first-order chi connectivity index (χ1) is 13.1. The van der Waals surface area contributed by atoms with E-state index < -0.39 is 5.97 Å². The molecule has 1 atom stereocenters. The summed E-state index contributed by atoms with van der Waals surface area (Å²) in [5.41, 5.74) is 2.60. The average Bonchev–Trinajstić information content (AvgIpc) is 2.68. The number of benzene rings is 2. The predicted molar refractivity (Wildman–Crippen MR) is 109 cm³/mol. The summed E-state index contributed by atoms with van der Waals surface area (Å²) in [6.45, 7) is 1.77. The maximum Gasteiger partial charge on any atom is 0.303 e. The van der Waals surface area contributed by atoms with Gasteiger partial charge in [0.05, 0.1) is 0 Å². The number of thioether (sulfide) groups is 1. The van der Waals surface area contributed by atoms with Crippen LogP contribution >= 0.6 is 11.8 Å². The number of carboxylic acid groups (broad SMARTS) is 1. The van der Waals surface area contributed by atoms with Gasteiger partial charge in [-0.1, -0.05) is 42.5 Å². The highest BCUT2D eigenvalue weighted by atomic mass is 32.2. The third-order valence-corrected chi connectivity index (χ3v) is 5.54. The lowest BCUT2D eigenvalue weighted by atomic mass is 10.0. The first kappa shape index (κ1) is 19.5. The second kappa shape index (κ2) is 9.58. The van der Waals surface area contributed by atoms with Gasteiger partial charge in [0.25, 0.3) is 0 Å². The van der Waals surface area contributed by atoms with Crippen LogP contribution in [-0.2, 0) is 16.0 Å². The minimum Gasteiger partial charge on any atom is -0.481 e. The summed E-state index contributed by atoms with van der Waals surface area (Å²) in [5, 5.41) is 11.9. The highest BCUT2D eigenvalue weighted by Crippen LogP contribution is 2.26. The van der Waals surface area contributed by atoms with Gasteiger partial charge in [-0.2, -0.15) is 11.8 Å². The first-order valence-electron chi connectivity index (χ1n) is 9.12. The third-order valence-electron chi connectivity index (χ3n) is 4.60. The predicted octanol–water partition coefficient (Wildman–Crippen LogP) is 3.43. The van der Waals surface area contributed by atoms with E-state index in [1.54, 1.807) is 0 Å². The number of rotatable bonds is 7. The molecule has 142 valence electrons. The Labute approximate surface area is 163 Å². The molecular formula is C21H24N2O3S. The standard InChI is InChI=1S/C21H24N2O3S/c24-19(25)10-9-16-5-4-8-18(15-16)22-21(26)20(17-6-2-1-3-7-17)23-11-13-27-14-12-23/h1-8,15,20H,9-14H2,(H,22,26)(H,24,25). The summed E-state index contributed by atoms with van der Waals surface area (Å²) in [6, 6.07) is 17.0. The molecular weight excluding hydrogens is 360 g/mol. The third kappa shape index (κ3) is 5.58. The van der Waals surface area contributed by atoms with Gasteiger partial charge in [-0.15, -0.1) is 0 Å². The quantitative estimate of drug-likeness (QED) is 0.765. The van der Waals surface area contributed by atoms with Crippen molar-refractivity contribution in [2.45, 2.75) is 18.9 Å². The van der Waals surface area contributed by atoms with Crippen LogP contribution in [0.15, 0.2) is 54.6 Å². The number of aryl methyl sites for hydroxylation is 1. The minimum atomic E-state index is -0.823. The van der Waals surface area contributed by atoms with Gasteiger partial charge in [0.15, 0.2) is 0 Å². The van der Waals surface area contributed by atoms with Crippen LogP contribution in [0.4, 0.5) is 5.69 Å². The number of aliphatic carboxylic acids is 1. The summed E-state index contributed by atoms with van der Waals surface area (Å²) in [6.07, 6.45) is 0.528. The highest BCUT2D eigenvalue weighted by Gasteiger charge is 2.28. The molecule has 2 aromatic carbocycles. The fraction of sp³-hybridized carbons (Fsp3) is 0.333. The molecule has 0 bridgehead atoms. The second-order valence-electron chi connectivity index (χ2n) is 6.54. The summed E-state index contributed by atoms with van der Waals surface area (Å²) in [5.74, 6) is 1.18. The second-order valence-corrected chi connectivity index (χ2v) is 7.77. The molecule has 6 heteroatoms. The molecule has 1 aliphatic rings. The number of carboxylic acids is 1. The zero-order valence-corrected chi connectivity index (χ0v) is 16.0. The van der Waals surface area contributed by atoms with Crippen molar-refractivity contribution < 1.29 is 14.7 Å². The molecule has 1 heterocycles. The molecule has 1 saturated heterocycles. The van der Waals surface area contributed by atoms with Crippen LogP contribution < -0.4 is 5.32 Å². The maximum atomic E-state index is 13.1. The molecule has 1 unspecified atom stereocenters. The first-order valence-corrected chi connectivity index (χ1v) is 10.3. The molecule has 5 nitrogen and oxygen atoms in total. The number of amides is 1. The molecule has 27 heavy (non-hydrogen) atoms. The van der Waals surface area contributed by atoms with Crippen LogP contribution in [0.3, 0.4) is 0 Å². The Morgan fingerprint density at radius 2 is 1.81 bits per heavy atom. The Kier molecular flexibility index (Phi) is 6.90. The van der Waals surface area contributed by atoms with E-state index in [9.17, 15) is 9.59 Å².